The number of nitrogens with zero attached hydrogens (tertiary/aromatic N) is 2. The van der Waals surface area contributed by atoms with E-state index in [4.69, 9.17) is 10.5 Å². The van der Waals surface area contributed by atoms with Crippen LogP contribution in [-0.2, 0) is 13.1 Å². The van der Waals surface area contributed by atoms with E-state index in [1.165, 1.54) is 16.7 Å². The second-order valence-corrected chi connectivity index (χ2v) is 6.56. The summed E-state index contributed by atoms with van der Waals surface area (Å²) < 4.78 is 43.2. The summed E-state index contributed by atoms with van der Waals surface area (Å²) in [5.74, 6) is 0.143. The first-order valence-electron chi connectivity index (χ1n) is 9.32. The number of unbranched alkanes of at least 4 members (excludes halogenated alkanes) is 1. The van der Waals surface area contributed by atoms with Crippen LogP contribution in [0.5, 0.6) is 5.75 Å². The van der Waals surface area contributed by atoms with Crippen molar-refractivity contribution in [2.45, 2.75) is 46.0 Å². The second kappa shape index (κ2) is 9.53. The summed E-state index contributed by atoms with van der Waals surface area (Å²) in [6, 6.07) is 6.19. The van der Waals surface area contributed by atoms with Gasteiger partial charge in [-0.25, -0.2) is 4.79 Å². The lowest BCUT2D eigenvalue weighted by Gasteiger charge is -2.25. The van der Waals surface area contributed by atoms with Gasteiger partial charge in [-0.15, -0.1) is 0 Å². The minimum Gasteiger partial charge on any atom is -0.484 e. The number of aromatic amines is 1. The van der Waals surface area contributed by atoms with Gasteiger partial charge in [0.05, 0.1) is 0 Å². The summed E-state index contributed by atoms with van der Waals surface area (Å²) in [5, 5.41) is 0. The Morgan fingerprint density at radius 3 is 2.59 bits per heavy atom. The number of H-pyrrole nitrogens is 1. The van der Waals surface area contributed by atoms with E-state index in [2.05, 4.69) is 4.98 Å². The standard InChI is InChI=1S/C19H25F3N4O3/c1-3-5-9-26-16(23)15(17(27)24-18(26)28)25(4-2)11-13-7-6-8-14(10-13)29-12-19(20,21)22/h6-8,10H,3-5,9,11-12,23H2,1-2H3,(H,24,27,28). The molecule has 0 aliphatic carbocycles. The number of nitrogens with one attached hydrogen (secondary N) is 1. The van der Waals surface area contributed by atoms with Gasteiger partial charge in [-0.05, 0) is 31.0 Å². The van der Waals surface area contributed by atoms with Crippen LogP contribution in [0.25, 0.3) is 0 Å². The maximum Gasteiger partial charge on any atom is 0.422 e. The molecule has 0 saturated carbocycles. The first-order valence-corrected chi connectivity index (χ1v) is 9.32. The fourth-order valence-corrected chi connectivity index (χ4v) is 2.89. The molecule has 0 saturated heterocycles. The van der Waals surface area contributed by atoms with Crippen LogP contribution in [0.2, 0.25) is 0 Å². The highest BCUT2D eigenvalue weighted by atomic mass is 19.4. The Balaban J connectivity index is 2.31. The highest BCUT2D eigenvalue weighted by Crippen LogP contribution is 2.23. The molecule has 0 bridgehead atoms. The maximum absolute atomic E-state index is 12.4. The van der Waals surface area contributed by atoms with Gasteiger partial charge in [0.1, 0.15) is 17.3 Å². The number of hydrogen-bond donors (Lipinski definition) is 2. The van der Waals surface area contributed by atoms with Crippen molar-refractivity contribution < 1.29 is 17.9 Å². The zero-order valence-electron chi connectivity index (χ0n) is 16.4. The molecule has 0 atom stereocenters. The third-order valence-corrected chi connectivity index (χ3v) is 4.32. The van der Waals surface area contributed by atoms with Crippen molar-refractivity contribution in [1.82, 2.24) is 9.55 Å². The largest absolute Gasteiger partial charge is 0.484 e. The molecule has 1 heterocycles. The van der Waals surface area contributed by atoms with E-state index in [9.17, 15) is 22.8 Å². The van der Waals surface area contributed by atoms with Crippen molar-refractivity contribution in [3.05, 3.63) is 50.7 Å². The summed E-state index contributed by atoms with van der Waals surface area (Å²) >= 11 is 0. The van der Waals surface area contributed by atoms with Crippen LogP contribution in [0, 0.1) is 0 Å². The normalized spacial score (nSPS) is 11.5. The van der Waals surface area contributed by atoms with E-state index in [0.717, 1.165) is 12.8 Å². The van der Waals surface area contributed by atoms with Gasteiger partial charge in [-0.3, -0.25) is 14.3 Å². The molecule has 0 radical (unpaired) electrons. The molecule has 160 valence electrons. The van der Waals surface area contributed by atoms with E-state index < -0.39 is 24.0 Å². The molecular weight excluding hydrogens is 389 g/mol. The van der Waals surface area contributed by atoms with Crippen molar-refractivity contribution in [1.29, 1.82) is 0 Å². The molecule has 1 aromatic heterocycles. The number of nitrogen functional groups attached to an aromatic ring is 1. The molecule has 3 N–H and O–H groups in total. The van der Waals surface area contributed by atoms with Crippen LogP contribution in [-0.4, -0.2) is 28.9 Å². The zero-order chi connectivity index (χ0) is 21.6. The van der Waals surface area contributed by atoms with Crippen LogP contribution in [0.3, 0.4) is 0 Å². The Labute approximate surface area is 165 Å². The molecule has 2 rings (SSSR count). The zero-order valence-corrected chi connectivity index (χ0v) is 16.4. The summed E-state index contributed by atoms with van der Waals surface area (Å²) in [5.41, 5.74) is 5.75. The van der Waals surface area contributed by atoms with E-state index in [1.807, 2.05) is 13.8 Å². The highest BCUT2D eigenvalue weighted by Gasteiger charge is 2.28. The molecule has 10 heteroatoms. The minimum atomic E-state index is -4.43. The fourth-order valence-electron chi connectivity index (χ4n) is 2.89. The van der Waals surface area contributed by atoms with E-state index in [0.29, 0.717) is 18.7 Å². The van der Waals surface area contributed by atoms with Crippen molar-refractivity contribution >= 4 is 11.5 Å². The van der Waals surface area contributed by atoms with Crippen molar-refractivity contribution in [3.63, 3.8) is 0 Å². The van der Waals surface area contributed by atoms with Gasteiger partial charge in [-0.1, -0.05) is 25.5 Å². The number of ether oxygens (including phenoxy) is 1. The van der Waals surface area contributed by atoms with Crippen LogP contribution in [0.4, 0.5) is 24.7 Å². The monoisotopic (exact) mass is 414 g/mol. The van der Waals surface area contributed by atoms with E-state index in [1.54, 1.807) is 17.0 Å². The predicted octanol–water partition coefficient (Wildman–Crippen LogP) is 2.89. The third kappa shape index (κ3) is 6.03. The lowest BCUT2D eigenvalue weighted by Crippen LogP contribution is -2.38. The Morgan fingerprint density at radius 1 is 1.24 bits per heavy atom. The number of hydrogen-bond acceptors (Lipinski definition) is 5. The number of anilines is 2. The van der Waals surface area contributed by atoms with Crippen LogP contribution in [0.15, 0.2) is 33.9 Å². The molecule has 1 aromatic carbocycles. The van der Waals surface area contributed by atoms with Crippen LogP contribution >= 0.6 is 0 Å². The average Bonchev–Trinajstić information content (AvgIpc) is 2.65. The summed E-state index contributed by atoms with van der Waals surface area (Å²) in [6.45, 7) is 3.38. The quantitative estimate of drug-likeness (QED) is 0.658. The van der Waals surface area contributed by atoms with E-state index >= 15 is 0 Å². The molecule has 0 fully saturated rings. The Kier molecular flexibility index (Phi) is 7.35. The summed E-state index contributed by atoms with van der Waals surface area (Å²) in [6.07, 6.45) is -2.86. The first-order chi connectivity index (χ1) is 13.7. The molecule has 0 aliphatic heterocycles. The van der Waals surface area contributed by atoms with Gasteiger partial charge in [-0.2, -0.15) is 13.2 Å². The van der Waals surface area contributed by atoms with Gasteiger partial charge < -0.3 is 15.4 Å². The van der Waals surface area contributed by atoms with Gasteiger partial charge >= 0.3 is 11.9 Å². The van der Waals surface area contributed by atoms with Crippen molar-refractivity contribution in [2.24, 2.45) is 0 Å². The summed E-state index contributed by atoms with van der Waals surface area (Å²) in [4.78, 5) is 28.5. The molecular formula is C19H25F3N4O3. The van der Waals surface area contributed by atoms with Crippen molar-refractivity contribution in [2.75, 3.05) is 23.8 Å². The fraction of sp³-hybridized carbons (Fsp3) is 0.474. The molecule has 0 aliphatic rings. The lowest BCUT2D eigenvalue weighted by atomic mass is 10.2. The smallest absolute Gasteiger partial charge is 0.422 e. The Morgan fingerprint density at radius 2 is 1.97 bits per heavy atom. The maximum atomic E-state index is 12.4. The number of benzene rings is 1. The minimum absolute atomic E-state index is 0.0681. The third-order valence-electron chi connectivity index (χ3n) is 4.32. The molecule has 7 nitrogen and oxygen atoms in total. The van der Waals surface area contributed by atoms with E-state index in [-0.39, 0.29) is 23.8 Å². The lowest BCUT2D eigenvalue weighted by molar-refractivity contribution is -0.153. The van der Waals surface area contributed by atoms with Crippen LogP contribution in [0.1, 0.15) is 32.3 Å². The summed E-state index contributed by atoms with van der Waals surface area (Å²) in [7, 11) is 0. The molecule has 0 spiro atoms. The SMILES string of the molecule is CCCCn1c(N)c(N(CC)Cc2cccc(OCC(F)(F)F)c2)c(=O)[nH]c1=O. The molecule has 2 aromatic rings. The van der Waals surface area contributed by atoms with Gasteiger partial charge in [0.25, 0.3) is 5.56 Å². The molecule has 29 heavy (non-hydrogen) atoms. The number of alkyl halides is 3. The Hall–Kier alpha value is -2.91. The number of halogens is 3. The van der Waals surface area contributed by atoms with Gasteiger partial charge in [0, 0.05) is 19.6 Å². The second-order valence-electron chi connectivity index (χ2n) is 6.56. The topological polar surface area (TPSA) is 93.3 Å². The number of nitrogens with two attached hydrogens (primary N) is 1. The number of aromatic nitrogens is 2. The van der Waals surface area contributed by atoms with Gasteiger partial charge in [0.2, 0.25) is 0 Å². The predicted molar refractivity (Wildman–Crippen MR) is 105 cm³/mol. The Bertz CT molecular complexity index is 938. The number of rotatable bonds is 9. The molecule has 0 unspecified atom stereocenters. The first kappa shape index (κ1) is 22.4. The average molecular weight is 414 g/mol. The van der Waals surface area contributed by atoms with Crippen LogP contribution < -0.4 is 26.6 Å². The van der Waals surface area contributed by atoms with Gasteiger partial charge in [0.15, 0.2) is 6.61 Å². The highest BCUT2D eigenvalue weighted by molar-refractivity contribution is 5.62. The molecule has 0 amide bonds. The van der Waals surface area contributed by atoms with Crippen molar-refractivity contribution in [3.8, 4) is 5.75 Å².